The van der Waals surface area contributed by atoms with Crippen molar-refractivity contribution < 1.29 is 0 Å². The molecule has 26 heavy (non-hydrogen) atoms. The largest absolute Gasteiger partial charge is 0.354 e. The summed E-state index contributed by atoms with van der Waals surface area (Å²) in [4.78, 5) is 18.4. The van der Waals surface area contributed by atoms with Crippen LogP contribution in [-0.2, 0) is 6.54 Å². The zero-order valence-electron chi connectivity index (χ0n) is 15.3. The predicted octanol–water partition coefficient (Wildman–Crippen LogP) is 3.52. The average molecular weight is 347 g/mol. The van der Waals surface area contributed by atoms with Gasteiger partial charge >= 0.3 is 0 Å². The second-order valence-corrected chi connectivity index (χ2v) is 6.91. The molecule has 4 rings (SSSR count). The van der Waals surface area contributed by atoms with Crippen molar-refractivity contribution in [2.24, 2.45) is 0 Å². The summed E-state index contributed by atoms with van der Waals surface area (Å²) in [7, 11) is 0. The van der Waals surface area contributed by atoms with E-state index in [1.165, 1.54) is 18.4 Å². The molecule has 0 bridgehead atoms. The molecule has 0 amide bonds. The minimum Gasteiger partial charge on any atom is -0.354 e. The highest BCUT2D eigenvalue weighted by Gasteiger charge is 2.27. The molecule has 1 aliphatic rings. The Labute approximate surface area is 154 Å². The average Bonchev–Trinajstić information content (AvgIpc) is 2.70. The summed E-state index contributed by atoms with van der Waals surface area (Å²) in [6, 6.07) is 15.4. The Hall–Kier alpha value is -2.53. The Kier molecular flexibility index (Phi) is 5.07. The predicted molar refractivity (Wildman–Crippen MR) is 105 cm³/mol. The van der Waals surface area contributed by atoms with E-state index in [1.807, 2.05) is 6.07 Å². The number of hydrogen-bond donors (Lipinski definition) is 0. The van der Waals surface area contributed by atoms with Crippen LogP contribution in [0.4, 0.5) is 5.82 Å². The number of benzene rings is 1. The fraction of sp³-hybridized carbons (Fsp3) is 0.381. The number of aromatic nitrogens is 3. The highest BCUT2D eigenvalue weighted by atomic mass is 15.3. The number of pyridine rings is 1. The molecule has 0 saturated carbocycles. The molecule has 1 aromatic carbocycles. The quantitative estimate of drug-likeness (QED) is 0.707. The van der Waals surface area contributed by atoms with Gasteiger partial charge < -0.3 is 4.90 Å². The van der Waals surface area contributed by atoms with Crippen LogP contribution in [0.15, 0.2) is 54.9 Å². The molecule has 1 unspecified atom stereocenters. The molecule has 1 aliphatic heterocycles. The van der Waals surface area contributed by atoms with Crippen LogP contribution in [0.5, 0.6) is 0 Å². The number of fused-ring (bicyclic) bond motifs is 1. The van der Waals surface area contributed by atoms with Crippen LogP contribution in [0, 0.1) is 0 Å². The van der Waals surface area contributed by atoms with Crippen molar-refractivity contribution in [3.8, 4) is 0 Å². The van der Waals surface area contributed by atoms with Crippen LogP contribution in [0.25, 0.3) is 11.2 Å². The van der Waals surface area contributed by atoms with E-state index in [4.69, 9.17) is 4.98 Å². The first kappa shape index (κ1) is 16.9. The molecule has 0 radical (unpaired) electrons. The van der Waals surface area contributed by atoms with Gasteiger partial charge in [0, 0.05) is 44.6 Å². The molecule has 0 N–H and O–H groups in total. The van der Waals surface area contributed by atoms with E-state index in [1.54, 1.807) is 12.4 Å². The van der Waals surface area contributed by atoms with Crippen molar-refractivity contribution in [1.29, 1.82) is 0 Å². The first-order valence-corrected chi connectivity index (χ1v) is 9.44. The van der Waals surface area contributed by atoms with Crippen LogP contribution in [0.1, 0.15) is 25.3 Å². The van der Waals surface area contributed by atoms with E-state index in [0.29, 0.717) is 6.04 Å². The fourth-order valence-electron chi connectivity index (χ4n) is 3.75. The van der Waals surface area contributed by atoms with Gasteiger partial charge in [0.15, 0.2) is 5.65 Å². The van der Waals surface area contributed by atoms with E-state index < -0.39 is 0 Å². The first-order chi connectivity index (χ1) is 12.8. The molecule has 3 heterocycles. The molecule has 0 spiro atoms. The summed E-state index contributed by atoms with van der Waals surface area (Å²) in [6.45, 7) is 6.35. The molecule has 0 aliphatic carbocycles. The molecule has 1 fully saturated rings. The lowest BCUT2D eigenvalue weighted by molar-refractivity contribution is 0.158. The zero-order chi connectivity index (χ0) is 17.8. The van der Waals surface area contributed by atoms with E-state index >= 15 is 0 Å². The lowest BCUT2D eigenvalue weighted by atomic mass is 10.0. The minimum atomic E-state index is 0.549. The molecular weight excluding hydrogens is 322 g/mol. The van der Waals surface area contributed by atoms with Crippen LogP contribution in [0.2, 0.25) is 0 Å². The zero-order valence-corrected chi connectivity index (χ0v) is 15.3. The SMILES string of the molecule is CCCC1CN(c2ccc3nccnc3n2)CCN1Cc1ccccc1. The van der Waals surface area contributed by atoms with Crippen molar-refractivity contribution in [3.05, 3.63) is 60.4 Å². The molecule has 1 atom stereocenters. The molecular formula is C21H25N5. The Morgan fingerprint density at radius 1 is 1.00 bits per heavy atom. The van der Waals surface area contributed by atoms with Crippen LogP contribution in [-0.4, -0.2) is 45.5 Å². The van der Waals surface area contributed by atoms with Gasteiger partial charge in [0.1, 0.15) is 11.3 Å². The Balaban J connectivity index is 1.51. The third kappa shape index (κ3) is 3.68. The molecule has 5 nitrogen and oxygen atoms in total. The highest BCUT2D eigenvalue weighted by molar-refractivity contribution is 5.71. The topological polar surface area (TPSA) is 45.2 Å². The maximum atomic E-state index is 4.74. The van der Waals surface area contributed by atoms with Crippen molar-refractivity contribution in [2.45, 2.75) is 32.4 Å². The number of hydrogen-bond acceptors (Lipinski definition) is 5. The second kappa shape index (κ2) is 7.79. The number of nitrogens with zero attached hydrogens (tertiary/aromatic N) is 5. The van der Waals surface area contributed by atoms with Gasteiger partial charge in [-0.05, 0) is 24.1 Å². The molecule has 5 heteroatoms. The van der Waals surface area contributed by atoms with Crippen molar-refractivity contribution in [1.82, 2.24) is 19.9 Å². The summed E-state index contributed by atoms with van der Waals surface area (Å²) in [5.74, 6) is 1.01. The highest BCUT2D eigenvalue weighted by Crippen LogP contribution is 2.22. The summed E-state index contributed by atoms with van der Waals surface area (Å²) in [5, 5.41) is 0. The van der Waals surface area contributed by atoms with Gasteiger partial charge in [-0.25, -0.2) is 9.97 Å². The van der Waals surface area contributed by atoms with E-state index in [-0.39, 0.29) is 0 Å². The van der Waals surface area contributed by atoms with Crippen molar-refractivity contribution >= 4 is 17.0 Å². The van der Waals surface area contributed by atoms with Crippen LogP contribution >= 0.6 is 0 Å². The summed E-state index contributed by atoms with van der Waals surface area (Å²) >= 11 is 0. The Morgan fingerprint density at radius 3 is 2.69 bits per heavy atom. The fourth-order valence-corrected chi connectivity index (χ4v) is 3.75. The lowest BCUT2D eigenvalue weighted by Crippen LogP contribution is -2.53. The lowest BCUT2D eigenvalue weighted by Gasteiger charge is -2.42. The monoisotopic (exact) mass is 347 g/mol. The van der Waals surface area contributed by atoms with E-state index in [0.717, 1.165) is 43.2 Å². The third-order valence-corrected chi connectivity index (χ3v) is 5.10. The van der Waals surface area contributed by atoms with E-state index in [2.05, 4.69) is 63.1 Å². The van der Waals surface area contributed by atoms with Gasteiger partial charge in [0.2, 0.25) is 0 Å². The molecule has 1 saturated heterocycles. The van der Waals surface area contributed by atoms with Gasteiger partial charge in [0.05, 0.1) is 0 Å². The Morgan fingerprint density at radius 2 is 1.85 bits per heavy atom. The smallest absolute Gasteiger partial charge is 0.180 e. The van der Waals surface area contributed by atoms with Gasteiger partial charge in [-0.15, -0.1) is 0 Å². The number of piperazine rings is 1. The molecule has 134 valence electrons. The maximum absolute atomic E-state index is 4.74. The maximum Gasteiger partial charge on any atom is 0.180 e. The first-order valence-electron chi connectivity index (χ1n) is 9.44. The van der Waals surface area contributed by atoms with Gasteiger partial charge in [-0.2, -0.15) is 0 Å². The Bertz CT molecular complexity index is 851. The standard InChI is InChI=1S/C21H25N5/c1-2-6-18-16-26(14-13-25(18)15-17-7-4-3-5-8-17)20-10-9-19-21(24-20)23-12-11-22-19/h3-5,7-12,18H,2,6,13-16H2,1H3. The summed E-state index contributed by atoms with van der Waals surface area (Å²) in [6.07, 6.45) is 5.82. The third-order valence-electron chi connectivity index (χ3n) is 5.10. The summed E-state index contributed by atoms with van der Waals surface area (Å²) < 4.78 is 0. The number of rotatable bonds is 5. The van der Waals surface area contributed by atoms with Crippen molar-refractivity contribution in [3.63, 3.8) is 0 Å². The minimum absolute atomic E-state index is 0.549. The molecule has 3 aromatic rings. The van der Waals surface area contributed by atoms with Gasteiger partial charge in [-0.3, -0.25) is 9.88 Å². The van der Waals surface area contributed by atoms with Crippen LogP contribution < -0.4 is 4.90 Å². The number of anilines is 1. The van der Waals surface area contributed by atoms with Gasteiger partial charge in [0.25, 0.3) is 0 Å². The molecule has 2 aromatic heterocycles. The second-order valence-electron chi connectivity index (χ2n) is 6.91. The van der Waals surface area contributed by atoms with Crippen molar-refractivity contribution in [2.75, 3.05) is 24.5 Å². The van der Waals surface area contributed by atoms with E-state index in [9.17, 15) is 0 Å². The van der Waals surface area contributed by atoms with Crippen LogP contribution in [0.3, 0.4) is 0 Å². The normalized spacial score (nSPS) is 18.3. The summed E-state index contributed by atoms with van der Waals surface area (Å²) in [5.41, 5.74) is 2.97. The van der Waals surface area contributed by atoms with Gasteiger partial charge in [-0.1, -0.05) is 43.7 Å².